The van der Waals surface area contributed by atoms with E-state index in [4.69, 9.17) is 5.26 Å². The van der Waals surface area contributed by atoms with Crippen molar-refractivity contribution in [1.29, 1.82) is 5.26 Å². The van der Waals surface area contributed by atoms with Crippen LogP contribution < -0.4 is 5.73 Å². The van der Waals surface area contributed by atoms with Crippen LogP contribution >= 0.6 is 0 Å². The molecule has 0 amide bonds. The van der Waals surface area contributed by atoms with Crippen LogP contribution in [0, 0.1) is 11.5 Å². The summed E-state index contributed by atoms with van der Waals surface area (Å²) in [4.78, 5) is 3.37. The van der Waals surface area contributed by atoms with Gasteiger partial charge < -0.3 is 5.73 Å². The standard InChI is InChI=1S/C10H10F3NOS.CH2N2/c11-10(12,13)9-4-3-7(6-14-9)8-2-1-5-16(8)15;2-1-3/h3-4,6,8H,1-2,5H2;2H2. The van der Waals surface area contributed by atoms with Crippen LogP contribution in [-0.4, -0.2) is 14.9 Å². The summed E-state index contributed by atoms with van der Waals surface area (Å²) >= 11 is 0. The Balaban J connectivity index is 0.000000550. The van der Waals surface area contributed by atoms with Gasteiger partial charge in [0.05, 0.1) is 5.25 Å². The van der Waals surface area contributed by atoms with Crippen LogP contribution in [0.5, 0.6) is 0 Å². The van der Waals surface area contributed by atoms with Gasteiger partial charge in [-0.3, -0.25) is 9.19 Å². The summed E-state index contributed by atoms with van der Waals surface area (Å²) in [5.74, 6) is 0.631. The Kier molecular flexibility index (Phi) is 5.30. The second kappa shape index (κ2) is 6.52. The van der Waals surface area contributed by atoms with E-state index in [-0.39, 0.29) is 5.25 Å². The maximum absolute atomic E-state index is 12.3. The molecule has 2 rings (SSSR count). The first-order valence-electron chi connectivity index (χ1n) is 5.40. The molecule has 1 aromatic rings. The summed E-state index contributed by atoms with van der Waals surface area (Å²) in [6.45, 7) is 0. The van der Waals surface area contributed by atoms with Gasteiger partial charge in [0.25, 0.3) is 0 Å². The molecule has 2 N–H and O–H groups in total. The number of hydrogen-bond donors (Lipinski definition) is 1. The fourth-order valence-electron chi connectivity index (χ4n) is 1.77. The minimum Gasteiger partial charge on any atom is -0.337 e. The molecule has 0 aliphatic carbocycles. The molecule has 1 aliphatic heterocycles. The van der Waals surface area contributed by atoms with E-state index >= 15 is 0 Å². The molecular weight excluding hydrogens is 279 g/mol. The van der Waals surface area contributed by atoms with Crippen molar-refractivity contribution in [1.82, 2.24) is 4.98 Å². The average molecular weight is 291 g/mol. The predicted octanol–water partition coefficient (Wildman–Crippen LogP) is 2.11. The molecule has 0 radical (unpaired) electrons. The lowest BCUT2D eigenvalue weighted by Gasteiger charge is -2.10. The molecule has 1 aromatic heterocycles. The van der Waals surface area contributed by atoms with Crippen molar-refractivity contribution >= 4 is 10.8 Å². The molecule has 1 aliphatic rings. The average Bonchev–Trinajstić information content (AvgIpc) is 2.76. The van der Waals surface area contributed by atoms with E-state index < -0.39 is 22.7 Å². The summed E-state index contributed by atoms with van der Waals surface area (Å²) < 4.78 is 48.3. The topological polar surface area (TPSA) is 79.8 Å². The number of alkyl halides is 3. The van der Waals surface area contributed by atoms with E-state index in [0.29, 0.717) is 11.3 Å². The number of hydrogen-bond acceptors (Lipinski definition) is 4. The van der Waals surface area contributed by atoms with Crippen molar-refractivity contribution in [3.8, 4) is 6.19 Å². The van der Waals surface area contributed by atoms with E-state index in [1.54, 1.807) is 0 Å². The molecule has 0 spiro atoms. The summed E-state index contributed by atoms with van der Waals surface area (Å²) in [5.41, 5.74) is 3.89. The first-order chi connectivity index (χ1) is 8.90. The zero-order chi connectivity index (χ0) is 14.5. The summed E-state index contributed by atoms with van der Waals surface area (Å²) in [6.07, 6.45) is -0.345. The SMILES string of the molecule is N#CN.O=S1CCCC1c1ccc(C(F)(F)F)nc1. The van der Waals surface area contributed by atoms with E-state index in [0.717, 1.165) is 18.9 Å². The second-order valence-corrected chi connectivity index (χ2v) is 5.56. The van der Waals surface area contributed by atoms with Gasteiger partial charge in [0.1, 0.15) is 5.69 Å². The molecule has 0 bridgehead atoms. The van der Waals surface area contributed by atoms with E-state index in [1.165, 1.54) is 18.5 Å². The Labute approximate surface area is 110 Å². The first-order valence-corrected chi connectivity index (χ1v) is 6.78. The van der Waals surface area contributed by atoms with Crippen molar-refractivity contribution in [2.75, 3.05) is 5.75 Å². The van der Waals surface area contributed by atoms with Gasteiger partial charge in [-0.15, -0.1) is 0 Å². The van der Waals surface area contributed by atoms with E-state index in [2.05, 4.69) is 10.7 Å². The molecule has 104 valence electrons. The summed E-state index contributed by atoms with van der Waals surface area (Å²) in [5, 5.41) is 6.95. The smallest absolute Gasteiger partial charge is 0.337 e. The van der Waals surface area contributed by atoms with E-state index in [1.807, 2.05) is 0 Å². The number of halogens is 3. The Morgan fingerprint density at radius 1 is 1.47 bits per heavy atom. The number of pyridine rings is 1. The molecule has 0 aromatic carbocycles. The molecule has 2 unspecified atom stereocenters. The molecule has 8 heteroatoms. The van der Waals surface area contributed by atoms with Crippen molar-refractivity contribution in [3.63, 3.8) is 0 Å². The van der Waals surface area contributed by atoms with E-state index in [9.17, 15) is 17.4 Å². The van der Waals surface area contributed by atoms with Crippen molar-refractivity contribution < 1.29 is 17.4 Å². The van der Waals surface area contributed by atoms with Crippen LogP contribution in [0.2, 0.25) is 0 Å². The van der Waals surface area contributed by atoms with Gasteiger partial charge in [-0.1, -0.05) is 6.07 Å². The zero-order valence-electron chi connectivity index (χ0n) is 9.85. The van der Waals surface area contributed by atoms with Gasteiger partial charge in [-0.05, 0) is 24.5 Å². The normalized spacial score (nSPS) is 22.2. The zero-order valence-corrected chi connectivity index (χ0v) is 10.7. The molecule has 0 saturated carbocycles. The molecule has 1 saturated heterocycles. The third kappa shape index (κ3) is 4.21. The number of rotatable bonds is 1. The van der Waals surface area contributed by atoms with Crippen LogP contribution in [0.15, 0.2) is 18.3 Å². The summed E-state index contributed by atoms with van der Waals surface area (Å²) in [7, 11) is -0.961. The maximum Gasteiger partial charge on any atom is 0.433 e. The number of nitrogens with zero attached hydrogens (tertiary/aromatic N) is 2. The number of aromatic nitrogens is 1. The summed E-state index contributed by atoms with van der Waals surface area (Å²) in [6, 6.07) is 2.33. The van der Waals surface area contributed by atoms with Crippen LogP contribution in [0.3, 0.4) is 0 Å². The lowest BCUT2D eigenvalue weighted by atomic mass is 10.1. The highest BCUT2D eigenvalue weighted by molar-refractivity contribution is 7.85. The highest BCUT2D eigenvalue weighted by Gasteiger charge is 2.33. The van der Waals surface area contributed by atoms with Gasteiger partial charge in [0.15, 0.2) is 6.19 Å². The Hall–Kier alpha value is -1.62. The minimum atomic E-state index is -4.41. The quantitative estimate of drug-likeness (QED) is 0.635. The van der Waals surface area contributed by atoms with Gasteiger partial charge in [0, 0.05) is 22.7 Å². The largest absolute Gasteiger partial charge is 0.433 e. The highest BCUT2D eigenvalue weighted by atomic mass is 32.2. The molecule has 19 heavy (non-hydrogen) atoms. The highest BCUT2D eigenvalue weighted by Crippen LogP contribution is 2.33. The maximum atomic E-state index is 12.3. The molecule has 4 nitrogen and oxygen atoms in total. The Morgan fingerprint density at radius 3 is 2.47 bits per heavy atom. The minimum absolute atomic E-state index is 0.144. The van der Waals surface area contributed by atoms with Gasteiger partial charge in [0.2, 0.25) is 0 Å². The molecular formula is C11H12F3N3OS. The van der Waals surface area contributed by atoms with Gasteiger partial charge in [-0.2, -0.15) is 18.4 Å². The molecule has 2 atom stereocenters. The van der Waals surface area contributed by atoms with Crippen molar-refractivity contribution in [2.45, 2.75) is 24.3 Å². The van der Waals surface area contributed by atoms with Crippen molar-refractivity contribution in [3.05, 3.63) is 29.6 Å². The van der Waals surface area contributed by atoms with Gasteiger partial charge >= 0.3 is 6.18 Å². The molecule has 1 fully saturated rings. The second-order valence-electron chi connectivity index (χ2n) is 3.82. The Morgan fingerprint density at radius 2 is 2.11 bits per heavy atom. The van der Waals surface area contributed by atoms with Crippen LogP contribution in [0.4, 0.5) is 13.2 Å². The monoisotopic (exact) mass is 291 g/mol. The third-order valence-corrected chi connectivity index (χ3v) is 4.41. The molecule has 2 heterocycles. The first kappa shape index (κ1) is 15.4. The number of nitrogens with two attached hydrogens (primary N) is 1. The Bertz CT molecular complexity index is 481. The third-order valence-electron chi connectivity index (χ3n) is 2.58. The van der Waals surface area contributed by atoms with Crippen LogP contribution in [-0.2, 0) is 17.0 Å². The van der Waals surface area contributed by atoms with Gasteiger partial charge in [-0.25, -0.2) is 0 Å². The fraction of sp³-hybridized carbons (Fsp3) is 0.455. The van der Waals surface area contributed by atoms with Crippen LogP contribution in [0.25, 0.3) is 0 Å². The predicted molar refractivity (Wildman–Crippen MR) is 64.0 cm³/mol. The van der Waals surface area contributed by atoms with Crippen LogP contribution in [0.1, 0.15) is 29.3 Å². The lowest BCUT2D eigenvalue weighted by molar-refractivity contribution is -0.141. The van der Waals surface area contributed by atoms with Crippen molar-refractivity contribution in [2.24, 2.45) is 5.73 Å². The lowest BCUT2D eigenvalue weighted by Crippen LogP contribution is -2.09. The number of nitriles is 1. The fourth-order valence-corrected chi connectivity index (χ4v) is 3.37.